The molecule has 1 saturated carbocycles. The largest absolute Gasteiger partial charge is 0.396 e. The van der Waals surface area contributed by atoms with Crippen LogP contribution in [0.15, 0.2) is 28.7 Å². The van der Waals surface area contributed by atoms with Crippen LogP contribution in [0.5, 0.6) is 0 Å². The first-order valence-corrected chi connectivity index (χ1v) is 6.09. The molecule has 1 fully saturated rings. The van der Waals surface area contributed by atoms with Crippen molar-refractivity contribution in [2.24, 2.45) is 5.41 Å². The number of nitrogens with one attached hydrogen (secondary N) is 1. The lowest BCUT2D eigenvalue weighted by Gasteiger charge is -2.12. The number of aliphatic hydroxyl groups excluding tert-OH is 1. The summed E-state index contributed by atoms with van der Waals surface area (Å²) in [7, 11) is 0. The molecule has 0 aliphatic heterocycles. The maximum absolute atomic E-state index is 9.14. The molecule has 0 heterocycles. The van der Waals surface area contributed by atoms with Gasteiger partial charge in [0.25, 0.3) is 0 Å². The molecular formula is C12H16BrNO. The molecule has 1 aliphatic carbocycles. The lowest BCUT2D eigenvalue weighted by molar-refractivity contribution is 0.207. The normalized spacial score (nSPS) is 17.7. The second kappa shape index (κ2) is 4.64. The zero-order valence-corrected chi connectivity index (χ0v) is 10.3. The quantitative estimate of drug-likeness (QED) is 0.860. The van der Waals surface area contributed by atoms with Crippen LogP contribution in [0.2, 0.25) is 0 Å². The van der Waals surface area contributed by atoms with Gasteiger partial charge in [0.15, 0.2) is 0 Å². The fourth-order valence-electron chi connectivity index (χ4n) is 1.64. The number of benzene rings is 1. The van der Waals surface area contributed by atoms with Gasteiger partial charge in [-0.2, -0.15) is 0 Å². The van der Waals surface area contributed by atoms with Crippen LogP contribution in [0.25, 0.3) is 0 Å². The molecule has 15 heavy (non-hydrogen) atoms. The van der Waals surface area contributed by atoms with E-state index >= 15 is 0 Å². The Hall–Kier alpha value is -0.380. The molecule has 3 heteroatoms. The SMILES string of the molecule is OCC1(CNCc2ccc(Br)cc2)CC1. The van der Waals surface area contributed by atoms with E-state index < -0.39 is 0 Å². The van der Waals surface area contributed by atoms with E-state index in [9.17, 15) is 0 Å². The van der Waals surface area contributed by atoms with Crippen LogP contribution in [0.4, 0.5) is 0 Å². The van der Waals surface area contributed by atoms with Gasteiger partial charge < -0.3 is 10.4 Å². The number of hydrogen-bond donors (Lipinski definition) is 2. The van der Waals surface area contributed by atoms with E-state index in [1.54, 1.807) is 0 Å². The van der Waals surface area contributed by atoms with E-state index in [1.165, 1.54) is 5.56 Å². The molecule has 2 nitrogen and oxygen atoms in total. The third-order valence-electron chi connectivity index (χ3n) is 3.03. The van der Waals surface area contributed by atoms with Crippen LogP contribution in [-0.4, -0.2) is 18.3 Å². The molecule has 0 unspecified atom stereocenters. The molecular weight excluding hydrogens is 254 g/mol. The maximum Gasteiger partial charge on any atom is 0.0499 e. The Morgan fingerprint density at radius 1 is 1.27 bits per heavy atom. The molecule has 1 aromatic carbocycles. The standard InChI is InChI=1S/C12H16BrNO/c13-11-3-1-10(2-4-11)7-14-8-12(9-15)5-6-12/h1-4,14-15H,5-9H2. The van der Waals surface area contributed by atoms with Gasteiger partial charge in [0.05, 0.1) is 0 Å². The summed E-state index contributed by atoms with van der Waals surface area (Å²) in [5.41, 5.74) is 1.49. The molecule has 2 N–H and O–H groups in total. The van der Waals surface area contributed by atoms with Gasteiger partial charge >= 0.3 is 0 Å². The molecule has 0 spiro atoms. The predicted molar refractivity (Wildman–Crippen MR) is 64.6 cm³/mol. The third kappa shape index (κ3) is 3.03. The number of rotatable bonds is 5. The first-order valence-electron chi connectivity index (χ1n) is 5.30. The van der Waals surface area contributed by atoms with Gasteiger partial charge in [-0.25, -0.2) is 0 Å². The molecule has 0 amide bonds. The van der Waals surface area contributed by atoms with Gasteiger partial charge in [0.2, 0.25) is 0 Å². The lowest BCUT2D eigenvalue weighted by Crippen LogP contribution is -2.25. The van der Waals surface area contributed by atoms with Crippen molar-refractivity contribution in [3.63, 3.8) is 0 Å². The minimum atomic E-state index is 0.204. The topological polar surface area (TPSA) is 32.3 Å². The Bertz CT molecular complexity index is 319. The van der Waals surface area contributed by atoms with Crippen molar-refractivity contribution in [2.45, 2.75) is 19.4 Å². The fraction of sp³-hybridized carbons (Fsp3) is 0.500. The summed E-state index contributed by atoms with van der Waals surface area (Å²) >= 11 is 3.41. The Labute approximate surface area is 98.8 Å². The summed E-state index contributed by atoms with van der Waals surface area (Å²) in [6.07, 6.45) is 2.33. The minimum absolute atomic E-state index is 0.204. The van der Waals surface area contributed by atoms with Gasteiger partial charge in [0, 0.05) is 29.6 Å². The van der Waals surface area contributed by atoms with E-state index in [2.05, 4.69) is 45.5 Å². The van der Waals surface area contributed by atoms with Crippen molar-refractivity contribution in [2.75, 3.05) is 13.2 Å². The number of halogens is 1. The van der Waals surface area contributed by atoms with Crippen molar-refractivity contribution < 1.29 is 5.11 Å². The third-order valence-corrected chi connectivity index (χ3v) is 3.56. The summed E-state index contributed by atoms with van der Waals surface area (Å²) in [5.74, 6) is 0. The minimum Gasteiger partial charge on any atom is -0.396 e. The van der Waals surface area contributed by atoms with Gasteiger partial charge in [-0.15, -0.1) is 0 Å². The molecule has 82 valence electrons. The van der Waals surface area contributed by atoms with Crippen molar-refractivity contribution >= 4 is 15.9 Å². The van der Waals surface area contributed by atoms with Crippen LogP contribution >= 0.6 is 15.9 Å². The Morgan fingerprint density at radius 3 is 2.47 bits per heavy atom. The second-order valence-corrected chi connectivity index (χ2v) is 5.30. The van der Waals surface area contributed by atoms with Crippen molar-refractivity contribution in [1.82, 2.24) is 5.32 Å². The average Bonchev–Trinajstić information content (AvgIpc) is 3.02. The summed E-state index contributed by atoms with van der Waals surface area (Å²) in [6.45, 7) is 2.13. The molecule has 2 rings (SSSR count). The van der Waals surface area contributed by atoms with Crippen LogP contribution in [0, 0.1) is 5.41 Å². The van der Waals surface area contributed by atoms with Crippen molar-refractivity contribution in [1.29, 1.82) is 0 Å². The van der Waals surface area contributed by atoms with Crippen LogP contribution in [0.1, 0.15) is 18.4 Å². The first kappa shape index (κ1) is 11.1. The average molecular weight is 270 g/mol. The van der Waals surface area contributed by atoms with Gasteiger partial charge in [0.1, 0.15) is 0 Å². The van der Waals surface area contributed by atoms with Gasteiger partial charge in [-0.3, -0.25) is 0 Å². The fourth-order valence-corrected chi connectivity index (χ4v) is 1.91. The summed E-state index contributed by atoms with van der Waals surface area (Å²) in [4.78, 5) is 0. The molecule has 0 radical (unpaired) electrons. The van der Waals surface area contributed by atoms with E-state index in [0.29, 0.717) is 6.61 Å². The smallest absolute Gasteiger partial charge is 0.0499 e. The van der Waals surface area contributed by atoms with E-state index in [1.807, 2.05) is 0 Å². The highest BCUT2D eigenvalue weighted by Crippen LogP contribution is 2.44. The summed E-state index contributed by atoms with van der Waals surface area (Å²) in [6, 6.07) is 8.32. The van der Waals surface area contributed by atoms with Crippen molar-refractivity contribution in [3.05, 3.63) is 34.3 Å². The van der Waals surface area contributed by atoms with Crippen LogP contribution in [0.3, 0.4) is 0 Å². The molecule has 1 aromatic rings. The van der Waals surface area contributed by atoms with Crippen molar-refractivity contribution in [3.8, 4) is 0 Å². The molecule has 0 bridgehead atoms. The first-order chi connectivity index (χ1) is 7.24. The van der Waals surface area contributed by atoms with E-state index in [-0.39, 0.29) is 5.41 Å². The second-order valence-electron chi connectivity index (χ2n) is 4.39. The zero-order chi connectivity index (χ0) is 10.7. The lowest BCUT2D eigenvalue weighted by atomic mass is 10.1. The molecule has 0 saturated heterocycles. The predicted octanol–water partition coefficient (Wildman–Crippen LogP) is 2.31. The molecule has 0 aromatic heterocycles. The zero-order valence-electron chi connectivity index (χ0n) is 8.67. The highest BCUT2D eigenvalue weighted by molar-refractivity contribution is 9.10. The Balaban J connectivity index is 1.76. The monoisotopic (exact) mass is 269 g/mol. The van der Waals surface area contributed by atoms with E-state index in [0.717, 1.165) is 30.4 Å². The van der Waals surface area contributed by atoms with Crippen LogP contribution < -0.4 is 5.32 Å². The van der Waals surface area contributed by atoms with Crippen LogP contribution in [-0.2, 0) is 6.54 Å². The Kier molecular flexibility index (Phi) is 3.44. The van der Waals surface area contributed by atoms with Gasteiger partial charge in [-0.05, 0) is 30.5 Å². The summed E-state index contributed by atoms with van der Waals surface area (Å²) in [5, 5.41) is 12.5. The number of aliphatic hydroxyl groups is 1. The Morgan fingerprint density at radius 2 is 1.93 bits per heavy atom. The molecule has 0 atom stereocenters. The highest BCUT2D eigenvalue weighted by atomic mass is 79.9. The summed E-state index contributed by atoms with van der Waals surface area (Å²) < 4.78 is 1.11. The molecule has 1 aliphatic rings. The van der Waals surface area contributed by atoms with E-state index in [4.69, 9.17) is 5.11 Å². The number of hydrogen-bond acceptors (Lipinski definition) is 2. The maximum atomic E-state index is 9.14. The highest BCUT2D eigenvalue weighted by Gasteiger charge is 2.41. The van der Waals surface area contributed by atoms with Gasteiger partial charge in [-0.1, -0.05) is 28.1 Å².